The number of benzene rings is 1. The highest BCUT2D eigenvalue weighted by Gasteiger charge is 2.41. The summed E-state index contributed by atoms with van der Waals surface area (Å²) in [5, 5.41) is 7.17. The van der Waals surface area contributed by atoms with Crippen LogP contribution in [0.5, 0.6) is 0 Å². The molecule has 1 saturated carbocycles. The van der Waals surface area contributed by atoms with E-state index in [1.54, 1.807) is 0 Å². The topological polar surface area (TPSA) is 63.1 Å². The smallest absolute Gasteiger partial charge is 0.268 e. The third-order valence-corrected chi connectivity index (χ3v) is 5.49. The van der Waals surface area contributed by atoms with Crippen LogP contribution >= 0.6 is 0 Å². The van der Waals surface area contributed by atoms with Crippen LogP contribution < -0.4 is 10.6 Å². The van der Waals surface area contributed by atoms with Gasteiger partial charge in [0.1, 0.15) is 11.2 Å². The molecule has 1 aromatic heterocycles. The molecule has 5 nitrogen and oxygen atoms in total. The molecule has 26 heavy (non-hydrogen) atoms. The molecule has 0 aliphatic heterocycles. The number of hydrogen-bond acceptors (Lipinski definition) is 2. The minimum Gasteiger partial charge on any atom is -0.354 e. The molecule has 0 atom stereocenters. The van der Waals surface area contributed by atoms with Crippen molar-refractivity contribution in [3.8, 4) is 0 Å². The SMILES string of the molecule is CCCCNC(=O)C1(NC(=O)c2cc3ccccc3n2C)CCCCC1. The van der Waals surface area contributed by atoms with E-state index < -0.39 is 5.54 Å². The Kier molecular flexibility index (Phi) is 5.64. The van der Waals surface area contributed by atoms with E-state index in [-0.39, 0.29) is 11.8 Å². The first-order chi connectivity index (χ1) is 12.6. The predicted octanol–water partition coefficient (Wildman–Crippen LogP) is 3.53. The highest BCUT2D eigenvalue weighted by molar-refractivity contribution is 6.02. The zero-order valence-electron chi connectivity index (χ0n) is 15.8. The molecule has 3 rings (SSSR count). The number of para-hydroxylation sites is 1. The Bertz CT molecular complexity index is 788. The van der Waals surface area contributed by atoms with Gasteiger partial charge in [0.25, 0.3) is 5.91 Å². The molecule has 0 bridgehead atoms. The van der Waals surface area contributed by atoms with Crippen LogP contribution in [0, 0.1) is 0 Å². The van der Waals surface area contributed by atoms with Crippen LogP contribution in [0.1, 0.15) is 62.4 Å². The number of aromatic nitrogens is 1. The first kappa shape index (κ1) is 18.5. The van der Waals surface area contributed by atoms with E-state index >= 15 is 0 Å². The van der Waals surface area contributed by atoms with Crippen molar-refractivity contribution >= 4 is 22.7 Å². The maximum Gasteiger partial charge on any atom is 0.268 e. The number of carbonyl (C=O) groups excluding carboxylic acids is 2. The normalized spacial score (nSPS) is 16.4. The van der Waals surface area contributed by atoms with Crippen molar-refractivity contribution in [2.45, 2.75) is 57.4 Å². The molecule has 1 aliphatic rings. The van der Waals surface area contributed by atoms with Gasteiger partial charge in [-0.15, -0.1) is 0 Å². The minimum absolute atomic E-state index is 0.0298. The zero-order chi connectivity index (χ0) is 18.6. The third kappa shape index (κ3) is 3.62. The summed E-state index contributed by atoms with van der Waals surface area (Å²) >= 11 is 0. The van der Waals surface area contributed by atoms with Gasteiger partial charge >= 0.3 is 0 Å². The summed E-state index contributed by atoms with van der Waals surface area (Å²) in [4.78, 5) is 25.9. The lowest BCUT2D eigenvalue weighted by atomic mass is 9.80. The Hall–Kier alpha value is -2.30. The highest BCUT2D eigenvalue weighted by atomic mass is 16.2. The van der Waals surface area contributed by atoms with E-state index in [1.165, 1.54) is 0 Å². The average molecular weight is 355 g/mol. The van der Waals surface area contributed by atoms with Gasteiger partial charge in [-0.05, 0) is 31.4 Å². The number of hydrogen-bond donors (Lipinski definition) is 2. The molecule has 0 spiro atoms. The lowest BCUT2D eigenvalue weighted by molar-refractivity contribution is -0.128. The van der Waals surface area contributed by atoms with Crippen LogP contribution in [0.15, 0.2) is 30.3 Å². The van der Waals surface area contributed by atoms with E-state index in [0.717, 1.165) is 43.0 Å². The number of unbranched alkanes of at least 4 members (excludes halogenated alkanes) is 1. The fourth-order valence-corrected chi connectivity index (χ4v) is 3.90. The Morgan fingerprint density at radius 2 is 1.88 bits per heavy atom. The molecule has 2 aromatic rings. The second kappa shape index (κ2) is 7.94. The van der Waals surface area contributed by atoms with Gasteiger partial charge in [-0.2, -0.15) is 0 Å². The number of nitrogens with zero attached hydrogens (tertiary/aromatic N) is 1. The summed E-state index contributed by atoms with van der Waals surface area (Å²) < 4.78 is 1.90. The molecule has 1 fully saturated rings. The summed E-state index contributed by atoms with van der Waals surface area (Å²) in [5.41, 5.74) is 0.833. The maximum absolute atomic E-state index is 13.0. The standard InChI is InChI=1S/C21H29N3O2/c1-3-4-14-22-20(26)21(12-8-5-9-13-21)23-19(25)18-15-16-10-6-7-11-17(16)24(18)2/h6-7,10-11,15H,3-5,8-9,12-14H2,1-2H3,(H,22,26)(H,23,25). The van der Waals surface area contributed by atoms with Gasteiger partial charge in [0, 0.05) is 24.5 Å². The van der Waals surface area contributed by atoms with Crippen LogP contribution in [-0.2, 0) is 11.8 Å². The molecule has 2 amide bonds. The predicted molar refractivity (Wildman–Crippen MR) is 104 cm³/mol. The second-order valence-corrected chi connectivity index (χ2v) is 7.35. The number of rotatable bonds is 6. The van der Waals surface area contributed by atoms with E-state index in [0.29, 0.717) is 25.1 Å². The number of carbonyl (C=O) groups is 2. The lowest BCUT2D eigenvalue weighted by Gasteiger charge is -2.36. The molecule has 1 heterocycles. The Morgan fingerprint density at radius 3 is 2.58 bits per heavy atom. The van der Waals surface area contributed by atoms with Crippen molar-refractivity contribution in [2.75, 3.05) is 6.54 Å². The molecule has 1 aromatic carbocycles. The lowest BCUT2D eigenvalue weighted by Crippen LogP contribution is -2.60. The van der Waals surface area contributed by atoms with Crippen molar-refractivity contribution in [3.05, 3.63) is 36.0 Å². The summed E-state index contributed by atoms with van der Waals surface area (Å²) in [7, 11) is 1.89. The summed E-state index contributed by atoms with van der Waals surface area (Å²) in [6.07, 6.45) is 6.47. The fourth-order valence-electron chi connectivity index (χ4n) is 3.90. The monoisotopic (exact) mass is 355 g/mol. The Balaban J connectivity index is 1.82. The average Bonchev–Trinajstić information content (AvgIpc) is 3.00. The van der Waals surface area contributed by atoms with Crippen LogP contribution in [-0.4, -0.2) is 28.5 Å². The Morgan fingerprint density at radius 1 is 1.15 bits per heavy atom. The summed E-state index contributed by atoms with van der Waals surface area (Å²) in [6, 6.07) is 9.83. The van der Waals surface area contributed by atoms with E-state index in [1.807, 2.05) is 41.9 Å². The first-order valence-electron chi connectivity index (χ1n) is 9.73. The number of nitrogens with one attached hydrogen (secondary N) is 2. The molecule has 140 valence electrons. The van der Waals surface area contributed by atoms with Gasteiger partial charge in [0.15, 0.2) is 0 Å². The molecular formula is C21H29N3O2. The van der Waals surface area contributed by atoms with E-state index in [9.17, 15) is 9.59 Å². The molecule has 0 radical (unpaired) electrons. The number of aryl methyl sites for hydroxylation is 1. The highest BCUT2D eigenvalue weighted by Crippen LogP contribution is 2.29. The van der Waals surface area contributed by atoms with Gasteiger partial charge in [0.2, 0.25) is 5.91 Å². The largest absolute Gasteiger partial charge is 0.354 e. The summed E-state index contributed by atoms with van der Waals surface area (Å²) in [6.45, 7) is 2.77. The minimum atomic E-state index is -0.778. The molecule has 1 aliphatic carbocycles. The van der Waals surface area contributed by atoms with Gasteiger partial charge < -0.3 is 15.2 Å². The van der Waals surface area contributed by atoms with Crippen molar-refractivity contribution in [3.63, 3.8) is 0 Å². The van der Waals surface area contributed by atoms with Crippen molar-refractivity contribution in [1.29, 1.82) is 0 Å². The van der Waals surface area contributed by atoms with Gasteiger partial charge in [0.05, 0.1) is 0 Å². The second-order valence-electron chi connectivity index (χ2n) is 7.35. The van der Waals surface area contributed by atoms with Gasteiger partial charge in [-0.1, -0.05) is 50.8 Å². The van der Waals surface area contributed by atoms with Crippen LogP contribution in [0.25, 0.3) is 10.9 Å². The molecule has 0 saturated heterocycles. The van der Waals surface area contributed by atoms with Crippen molar-refractivity contribution < 1.29 is 9.59 Å². The van der Waals surface area contributed by atoms with Gasteiger partial charge in [-0.3, -0.25) is 9.59 Å². The van der Waals surface area contributed by atoms with Gasteiger partial charge in [-0.25, -0.2) is 0 Å². The fraction of sp³-hybridized carbons (Fsp3) is 0.524. The molecule has 0 unspecified atom stereocenters. The number of amides is 2. The van der Waals surface area contributed by atoms with Crippen LogP contribution in [0.4, 0.5) is 0 Å². The van der Waals surface area contributed by atoms with Crippen LogP contribution in [0.3, 0.4) is 0 Å². The van der Waals surface area contributed by atoms with E-state index in [4.69, 9.17) is 0 Å². The Labute approximate surface area is 155 Å². The third-order valence-electron chi connectivity index (χ3n) is 5.49. The molecule has 5 heteroatoms. The number of fused-ring (bicyclic) bond motifs is 1. The summed E-state index contributed by atoms with van der Waals surface area (Å²) in [5.74, 6) is -0.200. The quantitative estimate of drug-likeness (QED) is 0.779. The molecular weight excluding hydrogens is 326 g/mol. The molecule has 2 N–H and O–H groups in total. The zero-order valence-corrected chi connectivity index (χ0v) is 15.8. The maximum atomic E-state index is 13.0. The van der Waals surface area contributed by atoms with E-state index in [2.05, 4.69) is 17.6 Å². The van der Waals surface area contributed by atoms with Crippen LogP contribution in [0.2, 0.25) is 0 Å². The van der Waals surface area contributed by atoms with Crippen molar-refractivity contribution in [2.24, 2.45) is 7.05 Å². The first-order valence-corrected chi connectivity index (χ1v) is 9.73. The van der Waals surface area contributed by atoms with Crippen molar-refractivity contribution in [1.82, 2.24) is 15.2 Å².